The minimum atomic E-state index is 0.280. The van der Waals surface area contributed by atoms with Crippen molar-refractivity contribution >= 4 is 22.5 Å². The van der Waals surface area contributed by atoms with E-state index in [4.69, 9.17) is 10.8 Å². The van der Waals surface area contributed by atoms with Crippen molar-refractivity contribution < 1.29 is 0 Å². The van der Waals surface area contributed by atoms with Gasteiger partial charge in [-0.2, -0.15) is 5.10 Å². The van der Waals surface area contributed by atoms with Gasteiger partial charge in [0.15, 0.2) is 5.65 Å². The molecule has 2 aromatic carbocycles. The molecule has 7 heteroatoms. The van der Waals surface area contributed by atoms with Gasteiger partial charge >= 0.3 is 0 Å². The molecular weight excluding hydrogens is 410 g/mol. The number of piperidine rings is 1. The van der Waals surface area contributed by atoms with Crippen molar-refractivity contribution in [1.82, 2.24) is 25.1 Å². The summed E-state index contributed by atoms with van der Waals surface area (Å²) in [6.45, 7) is 6.14. The van der Waals surface area contributed by atoms with E-state index in [-0.39, 0.29) is 6.04 Å². The molecule has 0 unspecified atom stereocenters. The van der Waals surface area contributed by atoms with Crippen LogP contribution in [0.3, 0.4) is 0 Å². The van der Waals surface area contributed by atoms with E-state index >= 15 is 0 Å². The van der Waals surface area contributed by atoms with Crippen LogP contribution in [0, 0.1) is 6.92 Å². The van der Waals surface area contributed by atoms with Gasteiger partial charge in [0.2, 0.25) is 0 Å². The first-order chi connectivity index (χ1) is 16.2. The second kappa shape index (κ2) is 8.15. The molecule has 6 rings (SSSR count). The van der Waals surface area contributed by atoms with Gasteiger partial charge in [-0.25, -0.2) is 14.6 Å². The Kier molecular flexibility index (Phi) is 4.99. The van der Waals surface area contributed by atoms with Crippen molar-refractivity contribution in [3.8, 4) is 11.3 Å². The van der Waals surface area contributed by atoms with Gasteiger partial charge in [-0.15, -0.1) is 0 Å². The van der Waals surface area contributed by atoms with Crippen molar-refractivity contribution in [2.24, 2.45) is 0 Å². The fraction of sp³-hybridized carbons (Fsp3) is 0.346. The smallest absolute Gasteiger partial charge is 0.164 e. The largest absolute Gasteiger partial charge is 0.383 e. The predicted molar refractivity (Wildman–Crippen MR) is 132 cm³/mol. The maximum absolute atomic E-state index is 6.31. The lowest BCUT2D eigenvalue weighted by atomic mass is 10.1. The third kappa shape index (κ3) is 3.53. The maximum Gasteiger partial charge on any atom is 0.164 e. The number of rotatable bonds is 4. The Labute approximate surface area is 193 Å². The summed E-state index contributed by atoms with van der Waals surface area (Å²) < 4.78 is 2.05. The zero-order valence-corrected chi connectivity index (χ0v) is 19.0. The van der Waals surface area contributed by atoms with Crippen LogP contribution in [-0.4, -0.2) is 39.4 Å². The number of anilines is 2. The summed E-state index contributed by atoms with van der Waals surface area (Å²) in [6, 6.07) is 15.6. The summed E-state index contributed by atoms with van der Waals surface area (Å²) in [5.41, 5.74) is 14.6. The molecule has 7 nitrogen and oxygen atoms in total. The van der Waals surface area contributed by atoms with Gasteiger partial charge in [0, 0.05) is 30.9 Å². The van der Waals surface area contributed by atoms with Gasteiger partial charge in [-0.3, -0.25) is 0 Å². The summed E-state index contributed by atoms with van der Waals surface area (Å²) in [7, 11) is 0. The second-order valence-corrected chi connectivity index (χ2v) is 9.19. The minimum Gasteiger partial charge on any atom is -0.383 e. The first-order valence-corrected chi connectivity index (χ1v) is 11.8. The quantitative estimate of drug-likeness (QED) is 0.502. The van der Waals surface area contributed by atoms with Crippen molar-refractivity contribution in [2.45, 2.75) is 38.8 Å². The molecule has 3 N–H and O–H groups in total. The number of benzene rings is 2. The molecule has 0 amide bonds. The second-order valence-electron chi connectivity index (χ2n) is 9.19. The Bertz CT molecular complexity index is 1300. The number of fused-ring (bicyclic) bond motifs is 2. The zero-order valence-electron chi connectivity index (χ0n) is 19.0. The molecule has 4 heterocycles. The van der Waals surface area contributed by atoms with Crippen LogP contribution in [0.1, 0.15) is 35.6 Å². The third-order valence-corrected chi connectivity index (χ3v) is 7.09. The molecule has 0 radical (unpaired) electrons. The third-order valence-electron chi connectivity index (χ3n) is 7.09. The fourth-order valence-corrected chi connectivity index (χ4v) is 5.32. The Balaban J connectivity index is 1.32. The lowest BCUT2D eigenvalue weighted by molar-refractivity contribution is 0.354. The summed E-state index contributed by atoms with van der Waals surface area (Å²) in [6.07, 6.45) is 4.88. The van der Waals surface area contributed by atoms with Crippen LogP contribution in [0.4, 0.5) is 11.5 Å². The topological polar surface area (TPSA) is 84.9 Å². The first kappa shape index (κ1) is 20.2. The molecule has 0 bridgehead atoms. The Morgan fingerprint density at radius 1 is 1.12 bits per heavy atom. The monoisotopic (exact) mass is 439 g/mol. The Morgan fingerprint density at radius 3 is 2.82 bits per heavy atom. The van der Waals surface area contributed by atoms with E-state index in [2.05, 4.69) is 69.6 Å². The predicted octanol–water partition coefficient (Wildman–Crippen LogP) is 3.87. The molecule has 0 aliphatic carbocycles. The van der Waals surface area contributed by atoms with Gasteiger partial charge in [0.25, 0.3) is 0 Å². The molecule has 168 valence electrons. The average Bonchev–Trinajstić information content (AvgIpc) is 3.44. The Hall–Kier alpha value is -3.45. The van der Waals surface area contributed by atoms with Gasteiger partial charge in [0.1, 0.15) is 17.8 Å². The van der Waals surface area contributed by atoms with E-state index in [0.29, 0.717) is 5.82 Å². The molecule has 33 heavy (non-hydrogen) atoms. The summed E-state index contributed by atoms with van der Waals surface area (Å²) in [4.78, 5) is 11.3. The van der Waals surface area contributed by atoms with Crippen molar-refractivity contribution in [2.75, 3.05) is 30.3 Å². The molecule has 2 aliphatic heterocycles. The molecule has 2 aliphatic rings. The van der Waals surface area contributed by atoms with Crippen LogP contribution < -0.4 is 16.0 Å². The number of nitrogens with two attached hydrogens (primary N) is 1. The normalized spacial score (nSPS) is 18.1. The lowest BCUT2D eigenvalue weighted by Gasteiger charge is -2.23. The van der Waals surface area contributed by atoms with Crippen LogP contribution >= 0.6 is 0 Å². The lowest BCUT2D eigenvalue weighted by Crippen LogP contribution is -2.32. The molecule has 0 spiro atoms. The number of hydrogen-bond donors (Lipinski definition) is 2. The summed E-state index contributed by atoms with van der Waals surface area (Å²) in [5.74, 6) is 0.484. The number of nitrogens with one attached hydrogen (secondary N) is 1. The molecule has 2 aromatic heterocycles. The zero-order chi connectivity index (χ0) is 22.4. The van der Waals surface area contributed by atoms with E-state index in [0.717, 1.165) is 67.7 Å². The SMILES string of the molecule is Cc1cccc2c1CCN2Cc1ccc(-c2nn([C@@H]3CCCNC3)c3ncnc(N)c23)cc1. The van der Waals surface area contributed by atoms with Gasteiger partial charge in [-0.05, 0) is 55.5 Å². The highest BCUT2D eigenvalue weighted by Gasteiger charge is 2.24. The van der Waals surface area contributed by atoms with Gasteiger partial charge in [0.05, 0.1) is 11.4 Å². The van der Waals surface area contributed by atoms with Crippen LogP contribution in [0.5, 0.6) is 0 Å². The van der Waals surface area contributed by atoms with Crippen molar-refractivity contribution in [3.05, 3.63) is 65.5 Å². The number of nitrogen functional groups attached to an aromatic ring is 1. The van der Waals surface area contributed by atoms with Gasteiger partial charge < -0.3 is 16.0 Å². The average molecular weight is 440 g/mol. The highest BCUT2D eigenvalue weighted by atomic mass is 15.3. The minimum absolute atomic E-state index is 0.280. The highest BCUT2D eigenvalue weighted by molar-refractivity contribution is 5.98. The molecular formula is C26H29N7. The fourth-order valence-electron chi connectivity index (χ4n) is 5.32. The molecule has 1 saturated heterocycles. The van der Waals surface area contributed by atoms with E-state index in [1.165, 1.54) is 28.7 Å². The maximum atomic E-state index is 6.31. The van der Waals surface area contributed by atoms with Crippen LogP contribution in [0.2, 0.25) is 0 Å². The number of aryl methyl sites for hydroxylation is 1. The van der Waals surface area contributed by atoms with E-state index < -0.39 is 0 Å². The number of hydrogen-bond acceptors (Lipinski definition) is 6. The Morgan fingerprint density at radius 2 is 2.00 bits per heavy atom. The van der Waals surface area contributed by atoms with Crippen molar-refractivity contribution in [1.29, 1.82) is 0 Å². The van der Waals surface area contributed by atoms with E-state index in [1.54, 1.807) is 0 Å². The summed E-state index contributed by atoms with van der Waals surface area (Å²) >= 11 is 0. The number of nitrogens with zero attached hydrogens (tertiary/aromatic N) is 5. The van der Waals surface area contributed by atoms with Crippen LogP contribution in [0.15, 0.2) is 48.8 Å². The van der Waals surface area contributed by atoms with Gasteiger partial charge in [-0.1, -0.05) is 36.4 Å². The number of aromatic nitrogens is 4. The van der Waals surface area contributed by atoms with Crippen molar-refractivity contribution in [3.63, 3.8) is 0 Å². The van der Waals surface area contributed by atoms with Crippen LogP contribution in [0.25, 0.3) is 22.3 Å². The molecule has 1 fully saturated rings. The summed E-state index contributed by atoms with van der Waals surface area (Å²) in [5, 5.41) is 9.32. The van der Waals surface area contributed by atoms with Crippen LogP contribution in [-0.2, 0) is 13.0 Å². The van der Waals surface area contributed by atoms with E-state index in [9.17, 15) is 0 Å². The standard InChI is InChI=1S/C26H29N7/c1-17-4-2-6-22-21(17)11-13-32(22)15-18-7-9-19(10-8-18)24-23-25(27)29-16-30-26(23)33(31-24)20-5-3-12-28-14-20/h2,4,6-10,16,20,28H,3,5,11-15H2,1H3,(H2,27,29,30)/t20-/m1/s1. The van der Waals surface area contributed by atoms with E-state index in [1.807, 2.05) is 4.68 Å². The molecule has 4 aromatic rings. The molecule has 1 atom stereocenters. The highest BCUT2D eigenvalue weighted by Crippen LogP contribution is 2.34. The molecule has 0 saturated carbocycles. The first-order valence-electron chi connectivity index (χ1n) is 11.8.